The van der Waals surface area contributed by atoms with Gasteiger partial charge in [0.05, 0.1) is 0 Å². The molecule has 0 unspecified atom stereocenters. The minimum atomic E-state index is -1.02. The largest absolute Gasteiger partial charge is 0.482 e. The molecule has 0 radical (unpaired) electrons. The molecule has 5 heteroatoms. The van der Waals surface area contributed by atoms with Crippen LogP contribution in [0.5, 0.6) is 5.75 Å². The van der Waals surface area contributed by atoms with Crippen molar-refractivity contribution in [1.82, 2.24) is 0 Å². The molecule has 0 amide bonds. The fraction of sp³-hybridized carbons (Fsp3) is 0.222. The number of halogens is 1. The van der Waals surface area contributed by atoms with E-state index in [9.17, 15) is 4.79 Å². The molecule has 4 nitrogen and oxygen atoms in total. The van der Waals surface area contributed by atoms with Crippen molar-refractivity contribution in [3.8, 4) is 5.75 Å². The second kappa shape index (κ2) is 4.83. The van der Waals surface area contributed by atoms with Crippen molar-refractivity contribution >= 4 is 17.6 Å². The zero-order chi connectivity index (χ0) is 10.6. The van der Waals surface area contributed by atoms with Crippen LogP contribution in [0.25, 0.3) is 0 Å². The van der Waals surface area contributed by atoms with Gasteiger partial charge in [0.2, 0.25) is 0 Å². The maximum Gasteiger partial charge on any atom is 0.341 e. The summed E-state index contributed by atoms with van der Waals surface area (Å²) >= 11 is 5.84. The Morgan fingerprint density at radius 3 is 2.79 bits per heavy atom. The van der Waals surface area contributed by atoms with Crippen LogP contribution in [0.1, 0.15) is 5.56 Å². The van der Waals surface area contributed by atoms with Gasteiger partial charge in [0.25, 0.3) is 0 Å². The molecule has 76 valence electrons. The number of carboxylic acid groups (broad SMARTS) is 1. The van der Waals surface area contributed by atoms with E-state index in [1.807, 2.05) is 0 Å². The normalized spacial score (nSPS) is 9.86. The van der Waals surface area contributed by atoms with Crippen LogP contribution >= 0.6 is 11.6 Å². The molecule has 3 N–H and O–H groups in total. The van der Waals surface area contributed by atoms with E-state index in [0.717, 1.165) is 5.56 Å². The first-order valence-corrected chi connectivity index (χ1v) is 4.34. The van der Waals surface area contributed by atoms with E-state index in [0.29, 0.717) is 17.3 Å². The highest BCUT2D eigenvalue weighted by molar-refractivity contribution is 6.31. The second-order valence-corrected chi connectivity index (χ2v) is 3.05. The molecule has 0 aliphatic heterocycles. The van der Waals surface area contributed by atoms with Crippen LogP contribution in [-0.2, 0) is 11.3 Å². The Morgan fingerprint density at radius 2 is 2.29 bits per heavy atom. The number of hydrogen-bond acceptors (Lipinski definition) is 3. The Hall–Kier alpha value is -1.26. The third kappa shape index (κ3) is 2.90. The van der Waals surface area contributed by atoms with Gasteiger partial charge in [-0.1, -0.05) is 17.7 Å². The summed E-state index contributed by atoms with van der Waals surface area (Å²) in [5.41, 5.74) is 6.20. The van der Waals surface area contributed by atoms with Crippen molar-refractivity contribution in [2.45, 2.75) is 6.54 Å². The first-order chi connectivity index (χ1) is 6.63. The summed E-state index contributed by atoms with van der Waals surface area (Å²) in [6.45, 7) is -0.0314. The number of hydrogen-bond donors (Lipinski definition) is 2. The minimum Gasteiger partial charge on any atom is -0.482 e. The standard InChI is InChI=1S/C9H10ClNO3/c10-8-3-7(14-5-9(12)13)2-1-6(8)4-11/h1-3H,4-5,11H2,(H,12,13). The molecule has 1 rings (SSSR count). The van der Waals surface area contributed by atoms with E-state index in [1.165, 1.54) is 0 Å². The number of aliphatic carboxylic acids is 1. The first kappa shape index (κ1) is 10.8. The average molecular weight is 216 g/mol. The van der Waals surface area contributed by atoms with Gasteiger partial charge in [-0.3, -0.25) is 0 Å². The lowest BCUT2D eigenvalue weighted by atomic mass is 10.2. The zero-order valence-corrected chi connectivity index (χ0v) is 8.12. The highest BCUT2D eigenvalue weighted by Crippen LogP contribution is 2.21. The number of rotatable bonds is 4. The van der Waals surface area contributed by atoms with Crippen molar-refractivity contribution in [2.75, 3.05) is 6.61 Å². The Kier molecular flexibility index (Phi) is 3.73. The SMILES string of the molecule is NCc1ccc(OCC(=O)O)cc1Cl. The average Bonchev–Trinajstić information content (AvgIpc) is 2.15. The summed E-state index contributed by atoms with van der Waals surface area (Å²) in [5, 5.41) is 8.85. The highest BCUT2D eigenvalue weighted by Gasteiger charge is 2.02. The Bertz CT molecular complexity index is 341. The second-order valence-electron chi connectivity index (χ2n) is 2.64. The third-order valence-corrected chi connectivity index (χ3v) is 1.96. The molecule has 0 saturated heterocycles. The fourth-order valence-corrected chi connectivity index (χ4v) is 1.18. The molecule has 1 aromatic carbocycles. The van der Waals surface area contributed by atoms with E-state index >= 15 is 0 Å². The third-order valence-electron chi connectivity index (χ3n) is 1.61. The zero-order valence-electron chi connectivity index (χ0n) is 7.37. The summed E-state index contributed by atoms with van der Waals surface area (Å²) in [5.74, 6) is -0.598. The Morgan fingerprint density at radius 1 is 1.57 bits per heavy atom. The maximum atomic E-state index is 10.2. The number of carboxylic acids is 1. The fourth-order valence-electron chi connectivity index (χ4n) is 0.928. The smallest absolute Gasteiger partial charge is 0.341 e. The molecule has 1 aromatic rings. The van der Waals surface area contributed by atoms with E-state index in [4.69, 9.17) is 27.2 Å². The van der Waals surface area contributed by atoms with Crippen LogP contribution in [0.3, 0.4) is 0 Å². The number of benzene rings is 1. The number of nitrogens with two attached hydrogens (primary N) is 1. The maximum absolute atomic E-state index is 10.2. The van der Waals surface area contributed by atoms with Crippen molar-refractivity contribution < 1.29 is 14.6 Å². The summed E-state index contributed by atoms with van der Waals surface area (Å²) in [6, 6.07) is 4.89. The van der Waals surface area contributed by atoms with E-state index < -0.39 is 5.97 Å². The van der Waals surface area contributed by atoms with Crippen molar-refractivity contribution in [1.29, 1.82) is 0 Å². The monoisotopic (exact) mass is 215 g/mol. The van der Waals surface area contributed by atoms with Crippen LogP contribution in [0.15, 0.2) is 18.2 Å². The summed E-state index contributed by atoms with van der Waals surface area (Å²) in [6.07, 6.45) is 0. The van der Waals surface area contributed by atoms with E-state index in [-0.39, 0.29) is 6.61 Å². The molecule has 14 heavy (non-hydrogen) atoms. The lowest BCUT2D eigenvalue weighted by Gasteiger charge is -2.05. The van der Waals surface area contributed by atoms with Crippen LogP contribution in [0, 0.1) is 0 Å². The van der Waals surface area contributed by atoms with E-state index in [2.05, 4.69) is 0 Å². The van der Waals surface area contributed by atoms with Crippen LogP contribution in [0.4, 0.5) is 0 Å². The van der Waals surface area contributed by atoms with Crippen molar-refractivity contribution in [3.63, 3.8) is 0 Å². The Balaban J connectivity index is 2.71. The van der Waals surface area contributed by atoms with Gasteiger partial charge in [-0.05, 0) is 17.7 Å². The van der Waals surface area contributed by atoms with Crippen molar-refractivity contribution in [2.24, 2.45) is 5.73 Å². The van der Waals surface area contributed by atoms with Gasteiger partial charge in [-0.2, -0.15) is 0 Å². The topological polar surface area (TPSA) is 72.5 Å². The minimum absolute atomic E-state index is 0.345. The number of ether oxygens (including phenoxy) is 1. The first-order valence-electron chi connectivity index (χ1n) is 3.96. The van der Waals surface area contributed by atoms with Gasteiger partial charge < -0.3 is 15.6 Å². The van der Waals surface area contributed by atoms with Gasteiger partial charge in [0.1, 0.15) is 5.75 Å². The van der Waals surface area contributed by atoms with Crippen LogP contribution < -0.4 is 10.5 Å². The molecule has 0 aliphatic carbocycles. The molecular weight excluding hydrogens is 206 g/mol. The summed E-state index contributed by atoms with van der Waals surface area (Å²) in [4.78, 5) is 10.2. The molecule has 0 aliphatic rings. The van der Waals surface area contributed by atoms with Crippen molar-refractivity contribution in [3.05, 3.63) is 28.8 Å². The van der Waals surface area contributed by atoms with E-state index in [1.54, 1.807) is 18.2 Å². The molecule has 0 fully saturated rings. The molecule has 0 bridgehead atoms. The molecule has 0 saturated carbocycles. The summed E-state index contributed by atoms with van der Waals surface area (Å²) in [7, 11) is 0. The molecule has 0 heterocycles. The number of carbonyl (C=O) groups is 1. The Labute approximate surface area is 86.2 Å². The molecule has 0 spiro atoms. The van der Waals surface area contributed by atoms with Gasteiger partial charge in [0, 0.05) is 11.6 Å². The van der Waals surface area contributed by atoms with Gasteiger partial charge in [-0.15, -0.1) is 0 Å². The van der Waals surface area contributed by atoms with Gasteiger partial charge in [0.15, 0.2) is 6.61 Å². The predicted octanol–water partition coefficient (Wildman–Crippen LogP) is 1.26. The molecule has 0 aromatic heterocycles. The van der Waals surface area contributed by atoms with Crippen LogP contribution in [-0.4, -0.2) is 17.7 Å². The predicted molar refractivity (Wildman–Crippen MR) is 52.5 cm³/mol. The quantitative estimate of drug-likeness (QED) is 0.793. The summed E-state index contributed by atoms with van der Waals surface area (Å²) < 4.78 is 4.92. The molecular formula is C9H10ClNO3. The van der Waals surface area contributed by atoms with Crippen LogP contribution in [0.2, 0.25) is 5.02 Å². The van der Waals surface area contributed by atoms with Gasteiger partial charge in [-0.25, -0.2) is 4.79 Å². The lowest BCUT2D eigenvalue weighted by molar-refractivity contribution is -0.139. The lowest BCUT2D eigenvalue weighted by Crippen LogP contribution is -2.09. The van der Waals surface area contributed by atoms with Gasteiger partial charge >= 0.3 is 5.97 Å². The molecule has 0 atom stereocenters. The highest BCUT2D eigenvalue weighted by atomic mass is 35.5.